The van der Waals surface area contributed by atoms with Gasteiger partial charge in [-0.2, -0.15) is 5.10 Å². The quantitative estimate of drug-likeness (QED) is 0.728. The number of nitrogens with zero attached hydrogens (tertiary/aromatic N) is 2. The van der Waals surface area contributed by atoms with E-state index in [1.165, 1.54) is 4.68 Å². The highest BCUT2D eigenvalue weighted by Gasteiger charge is 2.16. The summed E-state index contributed by atoms with van der Waals surface area (Å²) < 4.78 is 6.30. The fourth-order valence-corrected chi connectivity index (χ4v) is 1.66. The molecular weight excluding hydrogens is 220 g/mol. The van der Waals surface area contributed by atoms with Gasteiger partial charge < -0.3 is 4.74 Å². The maximum atomic E-state index is 12.0. The second kappa shape index (κ2) is 4.37. The Morgan fingerprint density at radius 3 is 2.82 bits per heavy atom. The van der Waals surface area contributed by atoms with E-state index in [2.05, 4.69) is 5.10 Å². The first kappa shape index (κ1) is 11.3. The van der Waals surface area contributed by atoms with Crippen LogP contribution in [0.25, 0.3) is 10.9 Å². The lowest BCUT2D eigenvalue weighted by atomic mass is 10.2. The van der Waals surface area contributed by atoms with Crippen molar-refractivity contribution in [1.29, 1.82) is 0 Å². The fourth-order valence-electron chi connectivity index (χ4n) is 1.66. The van der Waals surface area contributed by atoms with Gasteiger partial charge in [0.15, 0.2) is 0 Å². The third-order valence-corrected chi connectivity index (χ3v) is 2.43. The predicted octanol–water partition coefficient (Wildman–Crippen LogP) is 1.11. The van der Waals surface area contributed by atoms with Crippen LogP contribution in [0, 0.1) is 0 Å². The number of carbonyl (C=O) groups excluding carboxylic acids is 1. The molecule has 1 aromatic carbocycles. The second-order valence-corrected chi connectivity index (χ2v) is 3.54. The van der Waals surface area contributed by atoms with Crippen molar-refractivity contribution in [2.75, 3.05) is 6.61 Å². The summed E-state index contributed by atoms with van der Waals surface area (Å²) in [6.45, 7) is 1.90. The number of benzene rings is 1. The molecule has 0 radical (unpaired) electrons. The van der Waals surface area contributed by atoms with E-state index >= 15 is 0 Å². The summed E-state index contributed by atoms with van der Waals surface area (Å²) in [4.78, 5) is 23.6. The fraction of sp³-hybridized carbons (Fsp3) is 0.250. The van der Waals surface area contributed by atoms with Crippen molar-refractivity contribution in [3.05, 3.63) is 40.2 Å². The third-order valence-electron chi connectivity index (χ3n) is 2.43. The molecule has 0 spiro atoms. The molecule has 0 saturated heterocycles. The summed E-state index contributed by atoms with van der Waals surface area (Å²) in [7, 11) is 1.69. The summed E-state index contributed by atoms with van der Waals surface area (Å²) in [5, 5.41) is 4.41. The number of aryl methyl sites for hydroxylation is 1. The first-order valence-corrected chi connectivity index (χ1v) is 5.28. The molecule has 0 aliphatic carbocycles. The Hall–Kier alpha value is -2.17. The zero-order valence-electron chi connectivity index (χ0n) is 9.64. The Kier molecular flexibility index (Phi) is 2.91. The van der Waals surface area contributed by atoms with Crippen molar-refractivity contribution >= 4 is 16.9 Å². The number of ether oxygens (including phenoxy) is 1. The first-order chi connectivity index (χ1) is 8.15. The molecule has 0 N–H and O–H groups in total. The van der Waals surface area contributed by atoms with E-state index in [9.17, 15) is 9.59 Å². The number of rotatable bonds is 2. The SMILES string of the molecule is CCOC(=O)c1nn(C)c2ccccc2c1=O. The van der Waals surface area contributed by atoms with Crippen molar-refractivity contribution in [2.45, 2.75) is 6.92 Å². The van der Waals surface area contributed by atoms with Gasteiger partial charge in [0.1, 0.15) is 0 Å². The molecule has 2 aromatic rings. The third kappa shape index (κ3) is 1.91. The zero-order valence-corrected chi connectivity index (χ0v) is 9.64. The molecule has 1 aromatic heterocycles. The van der Waals surface area contributed by atoms with Crippen LogP contribution < -0.4 is 5.43 Å². The minimum atomic E-state index is -0.682. The monoisotopic (exact) mass is 232 g/mol. The lowest BCUT2D eigenvalue weighted by molar-refractivity contribution is 0.0515. The van der Waals surface area contributed by atoms with Gasteiger partial charge in [-0.15, -0.1) is 0 Å². The number of aromatic nitrogens is 2. The van der Waals surface area contributed by atoms with Crippen LogP contribution >= 0.6 is 0 Å². The summed E-state index contributed by atoms with van der Waals surface area (Å²) >= 11 is 0. The Labute approximate surface area is 97.6 Å². The van der Waals surface area contributed by atoms with E-state index < -0.39 is 11.4 Å². The molecule has 5 nitrogen and oxygen atoms in total. The number of hydrogen-bond donors (Lipinski definition) is 0. The molecule has 1 heterocycles. The Morgan fingerprint density at radius 2 is 2.12 bits per heavy atom. The molecule has 0 unspecified atom stereocenters. The average molecular weight is 232 g/mol. The molecule has 88 valence electrons. The summed E-state index contributed by atoms with van der Waals surface area (Å²) in [6.07, 6.45) is 0. The molecule has 0 aliphatic rings. The number of esters is 1. The van der Waals surface area contributed by atoms with Crippen LogP contribution in [0.5, 0.6) is 0 Å². The minimum absolute atomic E-state index is 0.173. The smallest absolute Gasteiger partial charge is 0.362 e. The summed E-state index contributed by atoms with van der Waals surface area (Å²) in [5.74, 6) is -0.682. The molecule has 5 heteroatoms. The van der Waals surface area contributed by atoms with E-state index in [4.69, 9.17) is 4.74 Å². The number of hydrogen-bond acceptors (Lipinski definition) is 4. The van der Waals surface area contributed by atoms with Crippen LogP contribution in [-0.2, 0) is 11.8 Å². The van der Waals surface area contributed by atoms with Crippen molar-refractivity contribution in [3.63, 3.8) is 0 Å². The largest absolute Gasteiger partial charge is 0.461 e. The van der Waals surface area contributed by atoms with Gasteiger partial charge in [0.05, 0.1) is 12.1 Å². The molecule has 0 saturated carbocycles. The lowest BCUT2D eigenvalue weighted by Crippen LogP contribution is -2.23. The van der Waals surface area contributed by atoms with E-state index in [1.54, 1.807) is 32.2 Å². The number of carbonyl (C=O) groups is 1. The van der Waals surface area contributed by atoms with Crippen molar-refractivity contribution < 1.29 is 9.53 Å². The number of fused-ring (bicyclic) bond motifs is 1. The van der Waals surface area contributed by atoms with E-state index in [0.29, 0.717) is 10.9 Å². The van der Waals surface area contributed by atoms with Gasteiger partial charge in [-0.25, -0.2) is 4.79 Å². The Morgan fingerprint density at radius 1 is 1.41 bits per heavy atom. The summed E-state index contributed by atoms with van der Waals surface area (Å²) in [6, 6.07) is 7.01. The van der Waals surface area contributed by atoms with Crippen LogP contribution in [-0.4, -0.2) is 22.4 Å². The van der Waals surface area contributed by atoms with Gasteiger partial charge in [-0.1, -0.05) is 12.1 Å². The normalized spacial score (nSPS) is 10.5. The zero-order chi connectivity index (χ0) is 12.4. The van der Waals surface area contributed by atoms with Crippen molar-refractivity contribution in [1.82, 2.24) is 9.78 Å². The topological polar surface area (TPSA) is 61.2 Å². The minimum Gasteiger partial charge on any atom is -0.461 e. The Balaban J connectivity index is 2.71. The average Bonchev–Trinajstić information content (AvgIpc) is 2.34. The predicted molar refractivity (Wildman–Crippen MR) is 62.9 cm³/mol. The van der Waals surface area contributed by atoms with Crippen molar-refractivity contribution in [3.8, 4) is 0 Å². The van der Waals surface area contributed by atoms with Gasteiger partial charge in [0.25, 0.3) is 0 Å². The number of para-hydroxylation sites is 1. The maximum Gasteiger partial charge on any atom is 0.362 e. The van der Waals surface area contributed by atoms with Crippen molar-refractivity contribution in [2.24, 2.45) is 7.05 Å². The molecule has 0 atom stereocenters. The lowest BCUT2D eigenvalue weighted by Gasteiger charge is -2.06. The highest BCUT2D eigenvalue weighted by Crippen LogP contribution is 2.08. The molecule has 0 fully saturated rings. The van der Waals surface area contributed by atoms with E-state index in [1.807, 2.05) is 6.07 Å². The van der Waals surface area contributed by atoms with Crippen LogP contribution in [0.4, 0.5) is 0 Å². The van der Waals surface area contributed by atoms with Crippen LogP contribution in [0.15, 0.2) is 29.1 Å². The molecule has 0 amide bonds. The molecule has 0 bridgehead atoms. The van der Waals surface area contributed by atoms with Gasteiger partial charge in [-0.05, 0) is 19.1 Å². The standard InChI is InChI=1S/C12H12N2O3/c1-3-17-12(16)10-11(15)8-6-4-5-7-9(8)14(2)13-10/h4-7H,3H2,1-2H3. The van der Waals surface area contributed by atoms with Gasteiger partial charge in [0, 0.05) is 12.4 Å². The van der Waals surface area contributed by atoms with Crippen LogP contribution in [0.3, 0.4) is 0 Å². The molecule has 17 heavy (non-hydrogen) atoms. The summed E-state index contributed by atoms with van der Waals surface area (Å²) in [5.41, 5.74) is 0.121. The van der Waals surface area contributed by atoms with Crippen LogP contribution in [0.1, 0.15) is 17.4 Å². The van der Waals surface area contributed by atoms with Gasteiger partial charge in [0.2, 0.25) is 11.1 Å². The Bertz CT molecular complexity index is 631. The van der Waals surface area contributed by atoms with E-state index in [-0.39, 0.29) is 12.3 Å². The highest BCUT2D eigenvalue weighted by atomic mass is 16.5. The molecule has 0 aliphatic heterocycles. The highest BCUT2D eigenvalue weighted by molar-refractivity contribution is 5.91. The molecule has 2 rings (SSSR count). The van der Waals surface area contributed by atoms with Gasteiger partial charge >= 0.3 is 5.97 Å². The first-order valence-electron chi connectivity index (χ1n) is 5.28. The maximum absolute atomic E-state index is 12.0. The van der Waals surface area contributed by atoms with E-state index in [0.717, 1.165) is 0 Å². The van der Waals surface area contributed by atoms with Crippen LogP contribution in [0.2, 0.25) is 0 Å². The second-order valence-electron chi connectivity index (χ2n) is 3.54. The molecular formula is C12H12N2O3. The van der Waals surface area contributed by atoms with Gasteiger partial charge in [-0.3, -0.25) is 9.48 Å².